The van der Waals surface area contributed by atoms with Crippen LogP contribution in [-0.4, -0.2) is 55.0 Å². The summed E-state index contributed by atoms with van der Waals surface area (Å²) in [7, 11) is 1.35. The minimum Gasteiger partial charge on any atom is -0.465 e. The Kier molecular flexibility index (Phi) is 5.42. The molecule has 136 valence electrons. The zero-order valence-electron chi connectivity index (χ0n) is 14.7. The summed E-state index contributed by atoms with van der Waals surface area (Å²) in [5, 5.41) is 0.614. The Bertz CT molecular complexity index is 815. The highest BCUT2D eigenvalue weighted by Crippen LogP contribution is 2.19. The third-order valence-electron chi connectivity index (χ3n) is 4.46. The lowest BCUT2D eigenvalue weighted by Gasteiger charge is -2.35. The van der Waals surface area contributed by atoms with Crippen molar-refractivity contribution in [2.45, 2.75) is 6.92 Å². The van der Waals surface area contributed by atoms with E-state index in [1.54, 1.807) is 37.3 Å². The number of anilines is 1. The van der Waals surface area contributed by atoms with Gasteiger partial charge in [-0.05, 0) is 43.3 Å². The third-order valence-corrected chi connectivity index (χ3v) is 4.71. The maximum atomic E-state index is 12.6. The van der Waals surface area contributed by atoms with E-state index in [0.717, 1.165) is 5.82 Å². The minimum atomic E-state index is -0.389. The van der Waals surface area contributed by atoms with Crippen molar-refractivity contribution >= 4 is 29.3 Å². The van der Waals surface area contributed by atoms with Gasteiger partial charge in [-0.25, -0.2) is 9.78 Å². The molecule has 0 atom stereocenters. The molecular weight excluding hydrogens is 354 g/mol. The molecule has 0 saturated carbocycles. The summed E-state index contributed by atoms with van der Waals surface area (Å²) in [5.74, 6) is 0.417. The first-order valence-corrected chi connectivity index (χ1v) is 8.73. The minimum absolute atomic E-state index is 0.00601. The number of pyridine rings is 1. The van der Waals surface area contributed by atoms with E-state index >= 15 is 0 Å². The fourth-order valence-electron chi connectivity index (χ4n) is 2.96. The number of rotatable bonds is 3. The Balaban J connectivity index is 1.65. The number of esters is 1. The van der Waals surface area contributed by atoms with Crippen molar-refractivity contribution in [2.24, 2.45) is 0 Å². The molecule has 2 heterocycles. The SMILES string of the molecule is COC(=O)c1ccc(N2CCN(C(=O)c3ccc(Cl)cc3)CC2)nc1C. The van der Waals surface area contributed by atoms with E-state index in [9.17, 15) is 9.59 Å². The molecule has 1 aromatic carbocycles. The molecule has 3 rings (SSSR count). The number of piperazine rings is 1. The van der Waals surface area contributed by atoms with Crippen molar-refractivity contribution in [1.82, 2.24) is 9.88 Å². The van der Waals surface area contributed by atoms with Gasteiger partial charge in [-0.1, -0.05) is 11.6 Å². The van der Waals surface area contributed by atoms with Crippen LogP contribution in [0.5, 0.6) is 0 Å². The number of amides is 1. The van der Waals surface area contributed by atoms with Gasteiger partial charge in [0.25, 0.3) is 5.91 Å². The number of aromatic nitrogens is 1. The molecule has 6 nitrogen and oxygen atoms in total. The zero-order chi connectivity index (χ0) is 18.7. The second-order valence-corrected chi connectivity index (χ2v) is 6.52. The molecule has 7 heteroatoms. The van der Waals surface area contributed by atoms with E-state index in [4.69, 9.17) is 16.3 Å². The number of ether oxygens (including phenoxy) is 1. The van der Waals surface area contributed by atoms with Crippen LogP contribution in [0.1, 0.15) is 26.4 Å². The van der Waals surface area contributed by atoms with E-state index in [0.29, 0.717) is 48.0 Å². The smallest absolute Gasteiger partial charge is 0.339 e. The Morgan fingerprint density at radius 2 is 1.69 bits per heavy atom. The lowest BCUT2D eigenvalue weighted by Crippen LogP contribution is -2.49. The van der Waals surface area contributed by atoms with Gasteiger partial charge >= 0.3 is 5.97 Å². The van der Waals surface area contributed by atoms with Crippen LogP contribution >= 0.6 is 11.6 Å². The van der Waals surface area contributed by atoms with Gasteiger partial charge in [0.15, 0.2) is 0 Å². The van der Waals surface area contributed by atoms with Crippen LogP contribution in [0.2, 0.25) is 5.02 Å². The lowest BCUT2D eigenvalue weighted by atomic mass is 10.1. The van der Waals surface area contributed by atoms with Gasteiger partial charge in [-0.3, -0.25) is 4.79 Å². The van der Waals surface area contributed by atoms with E-state index in [1.165, 1.54) is 7.11 Å². The highest BCUT2D eigenvalue weighted by atomic mass is 35.5. The molecule has 1 saturated heterocycles. The number of methoxy groups -OCH3 is 1. The van der Waals surface area contributed by atoms with Gasteiger partial charge in [0.05, 0.1) is 18.4 Å². The third kappa shape index (κ3) is 3.80. The van der Waals surface area contributed by atoms with Crippen LogP contribution in [0.25, 0.3) is 0 Å². The van der Waals surface area contributed by atoms with E-state index in [2.05, 4.69) is 9.88 Å². The molecular formula is C19H20ClN3O3. The molecule has 0 radical (unpaired) electrons. The molecule has 1 aliphatic heterocycles. The van der Waals surface area contributed by atoms with E-state index in [-0.39, 0.29) is 11.9 Å². The number of hydrogen-bond donors (Lipinski definition) is 0. The Hall–Kier alpha value is -2.60. The van der Waals surface area contributed by atoms with Crippen LogP contribution in [0, 0.1) is 6.92 Å². The molecule has 0 unspecified atom stereocenters. The summed E-state index contributed by atoms with van der Waals surface area (Å²) >= 11 is 5.87. The average Bonchev–Trinajstić information content (AvgIpc) is 2.67. The summed E-state index contributed by atoms with van der Waals surface area (Å²) in [6, 6.07) is 10.5. The molecule has 0 N–H and O–H groups in total. The predicted molar refractivity (Wildman–Crippen MR) is 99.9 cm³/mol. The van der Waals surface area contributed by atoms with Crippen LogP contribution in [0.15, 0.2) is 36.4 Å². The summed E-state index contributed by atoms with van der Waals surface area (Å²) in [6.07, 6.45) is 0. The monoisotopic (exact) mass is 373 g/mol. The molecule has 0 bridgehead atoms. The Labute approximate surface area is 157 Å². The lowest BCUT2D eigenvalue weighted by molar-refractivity contribution is 0.0599. The highest BCUT2D eigenvalue weighted by Gasteiger charge is 2.23. The summed E-state index contributed by atoms with van der Waals surface area (Å²) in [5.41, 5.74) is 1.74. The highest BCUT2D eigenvalue weighted by molar-refractivity contribution is 6.30. The summed E-state index contributed by atoms with van der Waals surface area (Å²) in [6.45, 7) is 4.38. The topological polar surface area (TPSA) is 62.7 Å². The first-order chi connectivity index (χ1) is 12.5. The standard InChI is InChI=1S/C19H20ClN3O3/c1-13-16(19(25)26-2)7-8-17(21-13)22-9-11-23(12-10-22)18(24)14-3-5-15(20)6-4-14/h3-8H,9-12H2,1-2H3. The first-order valence-electron chi connectivity index (χ1n) is 8.35. The van der Waals surface area contributed by atoms with Gasteiger partial charge in [0.1, 0.15) is 5.82 Å². The number of benzene rings is 1. The number of carbonyl (C=O) groups excluding carboxylic acids is 2. The second kappa shape index (κ2) is 7.74. The van der Waals surface area contributed by atoms with Crippen LogP contribution in [0.4, 0.5) is 5.82 Å². The second-order valence-electron chi connectivity index (χ2n) is 6.08. The van der Waals surface area contributed by atoms with Crippen LogP contribution < -0.4 is 4.90 Å². The molecule has 1 aliphatic rings. The van der Waals surface area contributed by atoms with Crippen LogP contribution in [0.3, 0.4) is 0 Å². The average molecular weight is 374 g/mol. The molecule has 2 aromatic rings. The van der Waals surface area contributed by atoms with E-state index in [1.807, 2.05) is 11.0 Å². The molecule has 1 aromatic heterocycles. The van der Waals surface area contributed by atoms with Crippen molar-refractivity contribution in [3.63, 3.8) is 0 Å². The summed E-state index contributed by atoms with van der Waals surface area (Å²) < 4.78 is 4.75. The normalized spacial score (nSPS) is 14.3. The number of nitrogens with zero attached hydrogens (tertiary/aromatic N) is 3. The van der Waals surface area contributed by atoms with Crippen molar-refractivity contribution in [3.05, 3.63) is 58.2 Å². The summed E-state index contributed by atoms with van der Waals surface area (Å²) in [4.78, 5) is 32.7. The van der Waals surface area contributed by atoms with Gasteiger partial charge in [0, 0.05) is 36.8 Å². The first kappa shape index (κ1) is 18.2. The van der Waals surface area contributed by atoms with Gasteiger partial charge < -0.3 is 14.5 Å². The zero-order valence-corrected chi connectivity index (χ0v) is 15.5. The van der Waals surface area contributed by atoms with Crippen LogP contribution in [-0.2, 0) is 4.74 Å². The molecule has 1 amide bonds. The maximum absolute atomic E-state index is 12.6. The number of hydrogen-bond acceptors (Lipinski definition) is 5. The number of aryl methyl sites for hydroxylation is 1. The van der Waals surface area contributed by atoms with Crippen molar-refractivity contribution in [1.29, 1.82) is 0 Å². The van der Waals surface area contributed by atoms with Crippen molar-refractivity contribution in [2.75, 3.05) is 38.2 Å². The molecule has 0 spiro atoms. The fourth-order valence-corrected chi connectivity index (χ4v) is 3.09. The Morgan fingerprint density at radius 1 is 1.04 bits per heavy atom. The maximum Gasteiger partial charge on any atom is 0.339 e. The van der Waals surface area contributed by atoms with Crippen molar-refractivity contribution in [3.8, 4) is 0 Å². The van der Waals surface area contributed by atoms with Gasteiger partial charge in [-0.2, -0.15) is 0 Å². The van der Waals surface area contributed by atoms with Crippen molar-refractivity contribution < 1.29 is 14.3 Å². The van der Waals surface area contributed by atoms with Gasteiger partial charge in [-0.15, -0.1) is 0 Å². The quantitative estimate of drug-likeness (QED) is 0.774. The van der Waals surface area contributed by atoms with Gasteiger partial charge in [0.2, 0.25) is 0 Å². The largest absolute Gasteiger partial charge is 0.465 e. The molecule has 1 fully saturated rings. The predicted octanol–water partition coefficient (Wildman–Crippen LogP) is 2.79. The molecule has 26 heavy (non-hydrogen) atoms. The fraction of sp³-hybridized carbons (Fsp3) is 0.316. The number of carbonyl (C=O) groups is 2. The Morgan fingerprint density at radius 3 is 2.27 bits per heavy atom. The molecule has 0 aliphatic carbocycles. The number of halogens is 1. The van der Waals surface area contributed by atoms with E-state index < -0.39 is 0 Å².